The third kappa shape index (κ3) is 3.76. The predicted octanol–water partition coefficient (Wildman–Crippen LogP) is 3.90. The fourth-order valence-corrected chi connectivity index (χ4v) is 3.67. The van der Waals surface area contributed by atoms with Gasteiger partial charge in [-0.15, -0.1) is 0 Å². The molecule has 6 heteroatoms. The van der Waals surface area contributed by atoms with E-state index in [-0.39, 0.29) is 37.0 Å². The lowest BCUT2D eigenvalue weighted by Gasteiger charge is -2.35. The Morgan fingerprint density at radius 2 is 2.26 bits per heavy atom. The molecule has 27 heavy (non-hydrogen) atoms. The summed E-state index contributed by atoms with van der Waals surface area (Å²) in [6, 6.07) is 1.79. The highest BCUT2D eigenvalue weighted by Gasteiger charge is 2.35. The molecule has 1 aromatic rings. The van der Waals surface area contributed by atoms with Gasteiger partial charge in [0, 0.05) is 31.0 Å². The normalized spacial score (nSPS) is 18.8. The highest BCUT2D eigenvalue weighted by Crippen LogP contribution is 2.50. The first-order valence-electron chi connectivity index (χ1n) is 8.84. The number of allylic oxidation sites excluding steroid dienone is 4. The van der Waals surface area contributed by atoms with Crippen LogP contribution in [0, 0.1) is 0 Å². The van der Waals surface area contributed by atoms with Crippen LogP contribution in [-0.4, -0.2) is 38.2 Å². The van der Waals surface area contributed by atoms with Gasteiger partial charge in [-0.1, -0.05) is 25.3 Å². The molecule has 0 aromatic heterocycles. The number of rotatable bonds is 7. The molecule has 0 radical (unpaired) electrons. The first-order chi connectivity index (χ1) is 13.0. The van der Waals surface area contributed by atoms with Crippen molar-refractivity contribution in [2.45, 2.75) is 25.3 Å². The van der Waals surface area contributed by atoms with Crippen LogP contribution in [0.15, 0.2) is 42.8 Å². The number of nitrogens with zero attached hydrogens (tertiary/aromatic N) is 1. The second-order valence-corrected chi connectivity index (χ2v) is 6.71. The Labute approximate surface area is 158 Å². The maximum Gasteiger partial charge on any atom is 0.231 e. The molecule has 0 N–H and O–H groups in total. The molecule has 2 heterocycles. The Bertz CT molecular complexity index is 815. The van der Waals surface area contributed by atoms with Crippen molar-refractivity contribution >= 4 is 5.78 Å². The van der Waals surface area contributed by atoms with E-state index in [0.717, 1.165) is 24.1 Å². The number of carbonyl (C=O) groups excluding carboxylic acids is 1. The number of fused-ring (bicyclic) bond motifs is 2. The lowest BCUT2D eigenvalue weighted by Crippen LogP contribution is -2.34. The average molecular weight is 373 g/mol. The van der Waals surface area contributed by atoms with Gasteiger partial charge in [0.05, 0.1) is 7.11 Å². The standard InChI is InChI=1S/C21H24FNO4/c1-5-6-14(13(2)22)9-16(24)11-17-19-15(7-8-23(17)3)10-18-20(21(19)25-4)27-12-26-18/h5-6,10,17H,1-2,7-9,11-12H2,3-4H3/b14-6-. The number of ketones is 1. The Morgan fingerprint density at radius 3 is 2.93 bits per heavy atom. The van der Waals surface area contributed by atoms with Gasteiger partial charge in [0.1, 0.15) is 11.6 Å². The number of halogens is 1. The van der Waals surface area contributed by atoms with Crippen LogP contribution in [0.5, 0.6) is 17.2 Å². The van der Waals surface area contributed by atoms with E-state index in [9.17, 15) is 9.18 Å². The quantitative estimate of drug-likeness (QED) is 0.679. The van der Waals surface area contributed by atoms with Gasteiger partial charge in [-0.25, -0.2) is 4.39 Å². The van der Waals surface area contributed by atoms with E-state index in [1.807, 2.05) is 13.1 Å². The molecule has 5 nitrogen and oxygen atoms in total. The second-order valence-electron chi connectivity index (χ2n) is 6.71. The minimum absolute atomic E-state index is 0.0199. The van der Waals surface area contributed by atoms with Crippen molar-refractivity contribution in [2.24, 2.45) is 0 Å². The number of hydrogen-bond donors (Lipinski definition) is 0. The van der Waals surface area contributed by atoms with E-state index in [1.165, 1.54) is 12.2 Å². The molecule has 0 saturated carbocycles. The van der Waals surface area contributed by atoms with Crippen LogP contribution in [0.4, 0.5) is 4.39 Å². The van der Waals surface area contributed by atoms with Gasteiger partial charge in [-0.05, 0) is 30.7 Å². The number of likely N-dealkylation sites (N-methyl/N-ethyl adjacent to an activating group) is 1. The van der Waals surface area contributed by atoms with Gasteiger partial charge < -0.3 is 14.2 Å². The number of benzene rings is 1. The highest BCUT2D eigenvalue weighted by molar-refractivity contribution is 5.83. The molecule has 0 spiro atoms. The average Bonchev–Trinajstić information content (AvgIpc) is 3.10. The van der Waals surface area contributed by atoms with Crippen LogP contribution in [0.2, 0.25) is 0 Å². The molecule has 1 unspecified atom stereocenters. The zero-order valence-corrected chi connectivity index (χ0v) is 15.7. The van der Waals surface area contributed by atoms with Gasteiger partial charge in [0.15, 0.2) is 11.5 Å². The topological polar surface area (TPSA) is 48.0 Å². The van der Waals surface area contributed by atoms with Crippen molar-refractivity contribution in [1.82, 2.24) is 4.90 Å². The molecular weight excluding hydrogens is 349 g/mol. The highest BCUT2D eigenvalue weighted by atomic mass is 19.1. The molecule has 0 fully saturated rings. The van der Waals surface area contributed by atoms with Crippen molar-refractivity contribution in [3.8, 4) is 17.2 Å². The molecule has 144 valence electrons. The minimum Gasteiger partial charge on any atom is -0.492 e. The first kappa shape index (κ1) is 19.2. The van der Waals surface area contributed by atoms with E-state index in [2.05, 4.69) is 18.1 Å². The van der Waals surface area contributed by atoms with Gasteiger partial charge in [-0.2, -0.15) is 0 Å². The monoisotopic (exact) mass is 373 g/mol. The Morgan fingerprint density at radius 1 is 1.48 bits per heavy atom. The zero-order valence-electron chi connectivity index (χ0n) is 15.7. The van der Waals surface area contributed by atoms with Crippen molar-refractivity contribution < 1.29 is 23.4 Å². The third-order valence-corrected chi connectivity index (χ3v) is 5.02. The number of methoxy groups -OCH3 is 1. The number of ether oxygens (including phenoxy) is 3. The van der Waals surface area contributed by atoms with Gasteiger partial charge >= 0.3 is 0 Å². The summed E-state index contributed by atoms with van der Waals surface area (Å²) in [5, 5.41) is 0. The van der Waals surface area contributed by atoms with Crippen molar-refractivity contribution in [2.75, 3.05) is 27.5 Å². The summed E-state index contributed by atoms with van der Waals surface area (Å²) in [4.78, 5) is 14.8. The molecule has 0 bridgehead atoms. The Hall–Kier alpha value is -2.60. The van der Waals surface area contributed by atoms with Crippen molar-refractivity contribution in [1.29, 1.82) is 0 Å². The summed E-state index contributed by atoms with van der Waals surface area (Å²) >= 11 is 0. The molecular formula is C21H24FNO4. The first-order valence-corrected chi connectivity index (χ1v) is 8.84. The molecule has 0 amide bonds. The van der Waals surface area contributed by atoms with Crippen LogP contribution in [0.1, 0.15) is 30.0 Å². The predicted molar refractivity (Wildman–Crippen MR) is 101 cm³/mol. The lowest BCUT2D eigenvalue weighted by molar-refractivity contribution is -0.119. The van der Waals surface area contributed by atoms with Crippen LogP contribution in [0.25, 0.3) is 0 Å². The third-order valence-electron chi connectivity index (χ3n) is 5.02. The summed E-state index contributed by atoms with van der Waals surface area (Å²) in [5.41, 5.74) is 2.28. The van der Waals surface area contributed by atoms with Crippen LogP contribution in [0.3, 0.4) is 0 Å². The molecule has 1 aromatic carbocycles. The fourth-order valence-electron chi connectivity index (χ4n) is 3.67. The van der Waals surface area contributed by atoms with E-state index in [0.29, 0.717) is 17.2 Å². The summed E-state index contributed by atoms with van der Waals surface area (Å²) in [6.07, 6.45) is 3.98. The van der Waals surface area contributed by atoms with Crippen LogP contribution < -0.4 is 14.2 Å². The molecule has 1 atom stereocenters. The molecule has 3 rings (SSSR count). The second kappa shape index (κ2) is 7.96. The van der Waals surface area contributed by atoms with E-state index < -0.39 is 5.83 Å². The number of hydrogen-bond acceptors (Lipinski definition) is 5. The van der Waals surface area contributed by atoms with Gasteiger partial charge in [-0.3, -0.25) is 9.69 Å². The Balaban J connectivity index is 1.91. The zero-order chi connectivity index (χ0) is 19.6. The lowest BCUT2D eigenvalue weighted by atomic mass is 9.87. The molecule has 0 aliphatic carbocycles. The fraction of sp³-hybridized carbons (Fsp3) is 0.381. The van der Waals surface area contributed by atoms with Gasteiger partial charge in [0.25, 0.3) is 0 Å². The molecule has 2 aliphatic heterocycles. The van der Waals surface area contributed by atoms with E-state index in [1.54, 1.807) is 7.11 Å². The van der Waals surface area contributed by atoms with E-state index in [4.69, 9.17) is 14.2 Å². The summed E-state index contributed by atoms with van der Waals surface area (Å²) in [7, 11) is 3.56. The summed E-state index contributed by atoms with van der Waals surface area (Å²) < 4.78 is 30.3. The smallest absolute Gasteiger partial charge is 0.231 e. The minimum atomic E-state index is -0.610. The Kier molecular flexibility index (Phi) is 5.65. The van der Waals surface area contributed by atoms with Crippen molar-refractivity contribution in [3.05, 3.63) is 53.9 Å². The van der Waals surface area contributed by atoms with Gasteiger partial charge in [0.2, 0.25) is 12.5 Å². The SMILES string of the molecule is C=C/C=C(/CC(=O)CC1c2c(cc3c(c2OC)OCO3)CCN1C)C(=C)F. The molecule has 2 aliphatic rings. The number of carbonyl (C=O) groups is 1. The summed E-state index contributed by atoms with van der Waals surface area (Å²) in [6.45, 7) is 7.81. The van der Waals surface area contributed by atoms with Crippen LogP contribution in [-0.2, 0) is 11.2 Å². The maximum absolute atomic E-state index is 13.6. The maximum atomic E-state index is 13.6. The van der Waals surface area contributed by atoms with Crippen LogP contribution >= 0.6 is 0 Å². The molecule has 0 saturated heterocycles. The summed E-state index contributed by atoms with van der Waals surface area (Å²) in [5.74, 6) is 1.17. The van der Waals surface area contributed by atoms with Crippen molar-refractivity contribution in [3.63, 3.8) is 0 Å². The van der Waals surface area contributed by atoms with E-state index >= 15 is 0 Å². The number of Topliss-reactive ketones (excluding diaryl/α,β-unsaturated/α-hetero) is 1. The largest absolute Gasteiger partial charge is 0.492 e.